The molecule has 1 aromatic carbocycles. The quantitative estimate of drug-likeness (QED) is 0.800. The van der Waals surface area contributed by atoms with Gasteiger partial charge in [-0.05, 0) is 18.9 Å². The first-order chi connectivity index (χ1) is 8.61. The molecule has 0 spiro atoms. The molecule has 0 heterocycles. The minimum Gasteiger partial charge on any atom is -0.504 e. The second-order valence-electron chi connectivity index (χ2n) is 4.50. The van der Waals surface area contributed by atoms with Crippen molar-refractivity contribution in [2.24, 2.45) is 0 Å². The molecule has 18 heavy (non-hydrogen) atoms. The number of ether oxygens (including phenoxy) is 1. The Kier molecular flexibility index (Phi) is 3.72. The number of carboxylic acid groups (broad SMARTS) is 1. The van der Waals surface area contributed by atoms with Crippen LogP contribution in [0.1, 0.15) is 18.4 Å². The van der Waals surface area contributed by atoms with Gasteiger partial charge in [0.1, 0.15) is 0 Å². The average Bonchev–Trinajstić information content (AvgIpc) is 3.14. The van der Waals surface area contributed by atoms with E-state index in [0.29, 0.717) is 23.9 Å². The van der Waals surface area contributed by atoms with Gasteiger partial charge in [-0.2, -0.15) is 0 Å². The summed E-state index contributed by atoms with van der Waals surface area (Å²) in [7, 11) is 1.49. The summed E-state index contributed by atoms with van der Waals surface area (Å²) in [5.41, 5.74) is 0.697. The summed E-state index contributed by atoms with van der Waals surface area (Å²) >= 11 is 0. The molecule has 1 aliphatic rings. The fourth-order valence-electron chi connectivity index (χ4n) is 2.01. The van der Waals surface area contributed by atoms with Crippen LogP contribution >= 0.6 is 0 Å². The summed E-state index contributed by atoms with van der Waals surface area (Å²) in [4.78, 5) is 12.7. The van der Waals surface area contributed by atoms with Crippen molar-refractivity contribution in [1.82, 2.24) is 4.90 Å². The standard InChI is InChI=1S/C13H17NO4/c1-18-11-4-2-3-9(13(11)17)7-14(8-12(15)16)10-5-6-10/h2-4,10,17H,5-8H2,1H3,(H,15,16). The van der Waals surface area contributed by atoms with Crippen LogP contribution in [0.25, 0.3) is 0 Å². The van der Waals surface area contributed by atoms with Gasteiger partial charge in [0.15, 0.2) is 11.5 Å². The van der Waals surface area contributed by atoms with Crippen molar-refractivity contribution in [3.63, 3.8) is 0 Å². The maximum atomic E-state index is 10.8. The fraction of sp³-hybridized carbons (Fsp3) is 0.462. The molecule has 2 N–H and O–H groups in total. The van der Waals surface area contributed by atoms with E-state index < -0.39 is 5.97 Å². The van der Waals surface area contributed by atoms with Crippen LogP contribution in [0.5, 0.6) is 11.5 Å². The molecule has 1 aliphatic carbocycles. The molecule has 98 valence electrons. The maximum absolute atomic E-state index is 10.8. The van der Waals surface area contributed by atoms with E-state index >= 15 is 0 Å². The highest BCUT2D eigenvalue weighted by Gasteiger charge is 2.30. The summed E-state index contributed by atoms with van der Waals surface area (Å²) in [6.07, 6.45) is 2.05. The van der Waals surface area contributed by atoms with E-state index in [1.807, 2.05) is 4.90 Å². The number of benzene rings is 1. The van der Waals surface area contributed by atoms with Crippen LogP contribution < -0.4 is 4.74 Å². The van der Waals surface area contributed by atoms with E-state index in [1.165, 1.54) is 7.11 Å². The van der Waals surface area contributed by atoms with Gasteiger partial charge < -0.3 is 14.9 Å². The number of aliphatic carboxylic acids is 1. The van der Waals surface area contributed by atoms with Gasteiger partial charge in [0.2, 0.25) is 0 Å². The van der Waals surface area contributed by atoms with Crippen LogP contribution in [0.15, 0.2) is 18.2 Å². The average molecular weight is 251 g/mol. The SMILES string of the molecule is COc1cccc(CN(CC(=O)O)C2CC2)c1O. The van der Waals surface area contributed by atoms with Gasteiger partial charge in [-0.15, -0.1) is 0 Å². The highest BCUT2D eigenvalue weighted by molar-refractivity contribution is 5.69. The van der Waals surface area contributed by atoms with Gasteiger partial charge in [-0.1, -0.05) is 12.1 Å². The lowest BCUT2D eigenvalue weighted by Crippen LogP contribution is -2.31. The van der Waals surface area contributed by atoms with Crippen LogP contribution in [0.3, 0.4) is 0 Å². The van der Waals surface area contributed by atoms with Crippen molar-refractivity contribution >= 4 is 5.97 Å². The van der Waals surface area contributed by atoms with E-state index in [4.69, 9.17) is 9.84 Å². The molecule has 0 amide bonds. The molecule has 5 nitrogen and oxygen atoms in total. The van der Waals surface area contributed by atoms with Crippen molar-refractivity contribution in [1.29, 1.82) is 0 Å². The van der Waals surface area contributed by atoms with Crippen LogP contribution in [0.2, 0.25) is 0 Å². The molecular formula is C13H17NO4. The number of para-hydroxylation sites is 1. The summed E-state index contributed by atoms with van der Waals surface area (Å²) in [6.45, 7) is 0.432. The highest BCUT2D eigenvalue weighted by Crippen LogP contribution is 2.33. The Morgan fingerprint density at radius 1 is 1.50 bits per heavy atom. The second-order valence-corrected chi connectivity index (χ2v) is 4.50. The monoisotopic (exact) mass is 251 g/mol. The Morgan fingerprint density at radius 3 is 2.78 bits per heavy atom. The Hall–Kier alpha value is -1.75. The van der Waals surface area contributed by atoms with Crippen LogP contribution in [-0.4, -0.2) is 40.8 Å². The largest absolute Gasteiger partial charge is 0.504 e. The third-order valence-electron chi connectivity index (χ3n) is 3.08. The summed E-state index contributed by atoms with van der Waals surface area (Å²) in [6, 6.07) is 5.58. The Morgan fingerprint density at radius 2 is 2.22 bits per heavy atom. The first-order valence-corrected chi connectivity index (χ1v) is 5.92. The normalized spacial score (nSPS) is 14.8. The van der Waals surface area contributed by atoms with Gasteiger partial charge >= 0.3 is 5.97 Å². The van der Waals surface area contributed by atoms with Crippen molar-refractivity contribution in [2.75, 3.05) is 13.7 Å². The number of carbonyl (C=O) groups is 1. The van der Waals surface area contributed by atoms with Gasteiger partial charge in [0, 0.05) is 18.2 Å². The molecule has 5 heteroatoms. The predicted molar refractivity (Wildman–Crippen MR) is 65.7 cm³/mol. The molecule has 0 unspecified atom stereocenters. The first kappa shape index (κ1) is 12.7. The van der Waals surface area contributed by atoms with E-state index in [-0.39, 0.29) is 12.3 Å². The number of aromatic hydroxyl groups is 1. The van der Waals surface area contributed by atoms with Gasteiger partial charge in [0.25, 0.3) is 0 Å². The van der Waals surface area contributed by atoms with Crippen molar-refractivity contribution in [3.8, 4) is 11.5 Å². The van der Waals surface area contributed by atoms with Crippen molar-refractivity contribution in [2.45, 2.75) is 25.4 Å². The molecule has 1 fully saturated rings. The molecule has 1 saturated carbocycles. The zero-order valence-corrected chi connectivity index (χ0v) is 10.3. The third-order valence-corrected chi connectivity index (χ3v) is 3.08. The Balaban J connectivity index is 2.13. The number of rotatable bonds is 6. The molecule has 1 aromatic rings. The molecule has 0 saturated heterocycles. The number of phenolic OH excluding ortho intramolecular Hbond substituents is 1. The third kappa shape index (κ3) is 2.92. The highest BCUT2D eigenvalue weighted by atomic mass is 16.5. The second kappa shape index (κ2) is 5.27. The summed E-state index contributed by atoms with van der Waals surface area (Å²) in [5, 5.41) is 18.9. The molecule has 0 bridgehead atoms. The van der Waals surface area contributed by atoms with E-state index in [2.05, 4.69) is 0 Å². The van der Waals surface area contributed by atoms with Crippen LogP contribution in [0, 0.1) is 0 Å². The number of carboxylic acids is 1. The first-order valence-electron chi connectivity index (χ1n) is 5.92. The molecular weight excluding hydrogens is 234 g/mol. The van der Waals surface area contributed by atoms with E-state index in [1.54, 1.807) is 18.2 Å². The van der Waals surface area contributed by atoms with Crippen LogP contribution in [-0.2, 0) is 11.3 Å². The number of hydrogen-bond acceptors (Lipinski definition) is 4. The lowest BCUT2D eigenvalue weighted by molar-refractivity contribution is -0.138. The number of methoxy groups -OCH3 is 1. The minimum absolute atomic E-state index is 0.00131. The van der Waals surface area contributed by atoms with Crippen LogP contribution in [0.4, 0.5) is 0 Å². The molecule has 0 aromatic heterocycles. The summed E-state index contributed by atoms with van der Waals surface area (Å²) in [5.74, 6) is -0.334. The van der Waals surface area contributed by atoms with E-state index in [9.17, 15) is 9.90 Å². The van der Waals surface area contributed by atoms with Gasteiger partial charge in [-0.3, -0.25) is 9.69 Å². The molecule has 0 aliphatic heterocycles. The number of hydrogen-bond donors (Lipinski definition) is 2. The molecule has 0 radical (unpaired) electrons. The zero-order chi connectivity index (χ0) is 13.1. The maximum Gasteiger partial charge on any atom is 0.317 e. The topological polar surface area (TPSA) is 70.0 Å². The van der Waals surface area contributed by atoms with Gasteiger partial charge in [0.05, 0.1) is 13.7 Å². The number of phenols is 1. The molecule has 2 rings (SSSR count). The lowest BCUT2D eigenvalue weighted by atomic mass is 10.1. The van der Waals surface area contributed by atoms with Gasteiger partial charge in [-0.25, -0.2) is 0 Å². The minimum atomic E-state index is -0.843. The van der Waals surface area contributed by atoms with Crippen molar-refractivity contribution < 1.29 is 19.7 Å². The number of nitrogens with zero attached hydrogens (tertiary/aromatic N) is 1. The lowest BCUT2D eigenvalue weighted by Gasteiger charge is -2.20. The van der Waals surface area contributed by atoms with E-state index in [0.717, 1.165) is 12.8 Å². The smallest absolute Gasteiger partial charge is 0.317 e. The predicted octanol–water partition coefficient (Wildman–Crippen LogP) is 1.45. The molecule has 0 atom stereocenters. The zero-order valence-electron chi connectivity index (χ0n) is 10.3. The summed E-state index contributed by atoms with van der Waals surface area (Å²) < 4.78 is 5.04. The van der Waals surface area contributed by atoms with Crippen molar-refractivity contribution in [3.05, 3.63) is 23.8 Å². The fourth-order valence-corrected chi connectivity index (χ4v) is 2.01. The Labute approximate surface area is 106 Å². The Bertz CT molecular complexity index is 443.